The van der Waals surface area contributed by atoms with E-state index in [2.05, 4.69) is 4.90 Å². The lowest BCUT2D eigenvalue weighted by molar-refractivity contribution is -0.147. The van der Waals surface area contributed by atoms with Gasteiger partial charge in [0.15, 0.2) is 0 Å². The third kappa shape index (κ3) is 3.01. The molecule has 4 heteroatoms. The Kier molecular flexibility index (Phi) is 3.87. The SMILES string of the molecule is CC1(C(=O)O)CCN(CCOc2ccccc2)C1. The van der Waals surface area contributed by atoms with Gasteiger partial charge in [-0.05, 0) is 32.0 Å². The Labute approximate surface area is 107 Å². The molecule has 2 rings (SSSR count). The quantitative estimate of drug-likeness (QED) is 0.865. The van der Waals surface area contributed by atoms with Crippen molar-refractivity contribution in [3.8, 4) is 5.75 Å². The van der Waals surface area contributed by atoms with Crippen molar-refractivity contribution < 1.29 is 14.6 Å². The first-order chi connectivity index (χ1) is 8.60. The van der Waals surface area contributed by atoms with Gasteiger partial charge in [-0.1, -0.05) is 18.2 Å². The highest BCUT2D eigenvalue weighted by atomic mass is 16.5. The summed E-state index contributed by atoms with van der Waals surface area (Å²) < 4.78 is 5.61. The third-order valence-electron chi connectivity index (χ3n) is 3.49. The average Bonchev–Trinajstić information content (AvgIpc) is 2.74. The highest BCUT2D eigenvalue weighted by Gasteiger charge is 2.40. The fourth-order valence-corrected chi connectivity index (χ4v) is 2.23. The van der Waals surface area contributed by atoms with Crippen molar-refractivity contribution in [1.82, 2.24) is 4.90 Å². The second kappa shape index (κ2) is 5.40. The van der Waals surface area contributed by atoms with Gasteiger partial charge in [0.1, 0.15) is 12.4 Å². The molecule has 1 atom stereocenters. The molecular weight excluding hydrogens is 230 g/mol. The molecule has 1 fully saturated rings. The summed E-state index contributed by atoms with van der Waals surface area (Å²) in [6.45, 7) is 4.63. The summed E-state index contributed by atoms with van der Waals surface area (Å²) in [4.78, 5) is 13.3. The molecule has 0 saturated carbocycles. The Morgan fingerprint density at radius 3 is 2.78 bits per heavy atom. The maximum absolute atomic E-state index is 11.1. The summed E-state index contributed by atoms with van der Waals surface area (Å²) in [5, 5.41) is 9.14. The second-order valence-electron chi connectivity index (χ2n) is 5.05. The molecule has 0 aromatic heterocycles. The van der Waals surface area contributed by atoms with Gasteiger partial charge in [-0.25, -0.2) is 0 Å². The molecule has 1 aliphatic rings. The molecule has 18 heavy (non-hydrogen) atoms. The van der Waals surface area contributed by atoms with Crippen LogP contribution < -0.4 is 4.74 Å². The number of benzene rings is 1. The molecule has 1 N–H and O–H groups in total. The lowest BCUT2D eigenvalue weighted by Gasteiger charge is -2.20. The Bertz CT molecular complexity index is 407. The summed E-state index contributed by atoms with van der Waals surface area (Å²) in [5.74, 6) is 0.159. The van der Waals surface area contributed by atoms with E-state index in [9.17, 15) is 4.79 Å². The van der Waals surface area contributed by atoms with E-state index in [1.165, 1.54) is 0 Å². The van der Waals surface area contributed by atoms with Crippen LogP contribution in [0.15, 0.2) is 30.3 Å². The summed E-state index contributed by atoms with van der Waals surface area (Å²) in [7, 11) is 0. The number of hydrogen-bond acceptors (Lipinski definition) is 3. The molecule has 0 amide bonds. The molecule has 1 aliphatic heterocycles. The maximum Gasteiger partial charge on any atom is 0.310 e. The Balaban J connectivity index is 1.74. The van der Waals surface area contributed by atoms with Crippen molar-refractivity contribution in [3.05, 3.63) is 30.3 Å². The largest absolute Gasteiger partial charge is 0.492 e. The number of likely N-dealkylation sites (tertiary alicyclic amines) is 1. The smallest absolute Gasteiger partial charge is 0.310 e. The van der Waals surface area contributed by atoms with Crippen LogP contribution in [0.4, 0.5) is 0 Å². The summed E-state index contributed by atoms with van der Waals surface area (Å²) >= 11 is 0. The van der Waals surface area contributed by atoms with Crippen molar-refractivity contribution >= 4 is 5.97 Å². The van der Waals surface area contributed by atoms with Gasteiger partial charge in [0.25, 0.3) is 0 Å². The van der Waals surface area contributed by atoms with Gasteiger partial charge in [-0.15, -0.1) is 0 Å². The lowest BCUT2D eigenvalue weighted by Crippen LogP contribution is -2.33. The van der Waals surface area contributed by atoms with E-state index >= 15 is 0 Å². The zero-order valence-electron chi connectivity index (χ0n) is 10.6. The van der Waals surface area contributed by atoms with Gasteiger partial charge in [-0.2, -0.15) is 0 Å². The van der Waals surface area contributed by atoms with E-state index in [4.69, 9.17) is 9.84 Å². The number of carbonyl (C=O) groups is 1. The fourth-order valence-electron chi connectivity index (χ4n) is 2.23. The van der Waals surface area contributed by atoms with Crippen LogP contribution in [0.1, 0.15) is 13.3 Å². The van der Waals surface area contributed by atoms with Crippen molar-refractivity contribution in [2.24, 2.45) is 5.41 Å². The van der Waals surface area contributed by atoms with E-state index in [-0.39, 0.29) is 0 Å². The van der Waals surface area contributed by atoms with E-state index in [0.29, 0.717) is 19.6 Å². The van der Waals surface area contributed by atoms with Crippen molar-refractivity contribution in [1.29, 1.82) is 0 Å². The topological polar surface area (TPSA) is 49.8 Å². The number of aliphatic carboxylic acids is 1. The van der Waals surface area contributed by atoms with Gasteiger partial charge >= 0.3 is 5.97 Å². The monoisotopic (exact) mass is 249 g/mol. The molecule has 1 aromatic carbocycles. The van der Waals surface area contributed by atoms with Crippen molar-refractivity contribution in [3.63, 3.8) is 0 Å². The summed E-state index contributed by atoms with van der Waals surface area (Å²) in [6.07, 6.45) is 0.716. The first-order valence-electron chi connectivity index (χ1n) is 6.24. The molecule has 1 heterocycles. The minimum Gasteiger partial charge on any atom is -0.492 e. The average molecular weight is 249 g/mol. The number of rotatable bonds is 5. The Morgan fingerprint density at radius 1 is 1.44 bits per heavy atom. The number of carboxylic acid groups (broad SMARTS) is 1. The molecule has 0 aliphatic carbocycles. The molecule has 1 aromatic rings. The normalized spacial score (nSPS) is 24.1. The highest BCUT2D eigenvalue weighted by molar-refractivity contribution is 5.74. The summed E-state index contributed by atoms with van der Waals surface area (Å²) in [6, 6.07) is 9.67. The molecule has 4 nitrogen and oxygen atoms in total. The summed E-state index contributed by atoms with van der Waals surface area (Å²) in [5.41, 5.74) is -0.591. The van der Waals surface area contributed by atoms with E-state index in [1.54, 1.807) is 0 Å². The standard InChI is InChI=1S/C14H19NO3/c1-14(13(16)17)7-8-15(11-14)9-10-18-12-5-3-2-4-6-12/h2-6H,7-11H2,1H3,(H,16,17). The Hall–Kier alpha value is -1.55. The van der Waals surface area contributed by atoms with Gasteiger partial charge in [0.05, 0.1) is 5.41 Å². The van der Waals surface area contributed by atoms with E-state index in [1.807, 2.05) is 37.3 Å². The van der Waals surface area contributed by atoms with Crippen LogP contribution in [0.25, 0.3) is 0 Å². The Morgan fingerprint density at radius 2 is 2.17 bits per heavy atom. The van der Waals surface area contributed by atoms with Crippen LogP contribution in [-0.4, -0.2) is 42.2 Å². The van der Waals surface area contributed by atoms with Crippen LogP contribution in [0.2, 0.25) is 0 Å². The van der Waals surface area contributed by atoms with Crippen LogP contribution in [-0.2, 0) is 4.79 Å². The molecule has 98 valence electrons. The highest BCUT2D eigenvalue weighted by Crippen LogP contribution is 2.29. The predicted molar refractivity (Wildman–Crippen MR) is 68.7 cm³/mol. The van der Waals surface area contributed by atoms with Crippen LogP contribution in [0.3, 0.4) is 0 Å². The molecule has 1 unspecified atom stereocenters. The number of carboxylic acids is 1. The molecule has 0 spiro atoms. The zero-order valence-corrected chi connectivity index (χ0v) is 10.6. The predicted octanol–water partition coefficient (Wildman–Crippen LogP) is 1.86. The minimum absolute atomic E-state index is 0.591. The lowest BCUT2D eigenvalue weighted by atomic mass is 9.90. The second-order valence-corrected chi connectivity index (χ2v) is 5.05. The first-order valence-corrected chi connectivity index (χ1v) is 6.24. The van der Waals surface area contributed by atoms with E-state index in [0.717, 1.165) is 18.8 Å². The maximum atomic E-state index is 11.1. The van der Waals surface area contributed by atoms with Crippen LogP contribution >= 0.6 is 0 Å². The first kappa shape index (κ1) is 12.9. The number of hydrogen-bond donors (Lipinski definition) is 1. The van der Waals surface area contributed by atoms with Gasteiger partial charge < -0.3 is 9.84 Å². The van der Waals surface area contributed by atoms with Crippen molar-refractivity contribution in [2.75, 3.05) is 26.2 Å². The zero-order chi connectivity index (χ0) is 13.0. The minimum atomic E-state index is -0.700. The number of nitrogens with zero attached hydrogens (tertiary/aromatic N) is 1. The molecule has 1 saturated heterocycles. The van der Waals surface area contributed by atoms with Gasteiger partial charge in [0.2, 0.25) is 0 Å². The fraction of sp³-hybridized carbons (Fsp3) is 0.500. The van der Waals surface area contributed by atoms with Crippen LogP contribution in [0, 0.1) is 5.41 Å². The number of ether oxygens (including phenoxy) is 1. The van der Waals surface area contributed by atoms with Crippen LogP contribution in [0.5, 0.6) is 5.75 Å². The number of para-hydroxylation sites is 1. The third-order valence-corrected chi connectivity index (χ3v) is 3.49. The van der Waals surface area contributed by atoms with Crippen molar-refractivity contribution in [2.45, 2.75) is 13.3 Å². The van der Waals surface area contributed by atoms with Gasteiger partial charge in [0, 0.05) is 13.1 Å². The molecule has 0 radical (unpaired) electrons. The molecular formula is C14H19NO3. The molecule has 0 bridgehead atoms. The van der Waals surface area contributed by atoms with Gasteiger partial charge in [-0.3, -0.25) is 9.69 Å². The van der Waals surface area contributed by atoms with E-state index < -0.39 is 11.4 Å².